The van der Waals surface area contributed by atoms with Gasteiger partial charge in [-0.05, 0) is 98.4 Å². The molecule has 1 saturated heterocycles. The third-order valence-corrected chi connectivity index (χ3v) is 9.21. The van der Waals surface area contributed by atoms with Gasteiger partial charge in [-0.15, -0.1) is 11.8 Å². The summed E-state index contributed by atoms with van der Waals surface area (Å²) in [7, 11) is 0. The van der Waals surface area contributed by atoms with Gasteiger partial charge >= 0.3 is 0 Å². The van der Waals surface area contributed by atoms with E-state index in [4.69, 9.17) is 4.74 Å². The Hall–Kier alpha value is -2.63. The number of likely N-dealkylation sites (tertiary alicyclic amines) is 1. The summed E-state index contributed by atoms with van der Waals surface area (Å²) in [5.41, 5.74) is 3.49. The Morgan fingerprint density at radius 1 is 0.889 bits per heavy atom. The first kappa shape index (κ1) is 25.0. The zero-order valence-corrected chi connectivity index (χ0v) is 22.0. The minimum absolute atomic E-state index is 0.123. The van der Waals surface area contributed by atoms with Gasteiger partial charge in [-0.25, -0.2) is 0 Å². The molecule has 190 valence electrons. The van der Waals surface area contributed by atoms with E-state index in [0.29, 0.717) is 5.75 Å². The molecule has 0 saturated carbocycles. The van der Waals surface area contributed by atoms with Gasteiger partial charge in [0.1, 0.15) is 17.2 Å². The van der Waals surface area contributed by atoms with Crippen LogP contribution >= 0.6 is 11.8 Å². The summed E-state index contributed by atoms with van der Waals surface area (Å²) in [4.78, 5) is 3.72. The first-order valence-electron chi connectivity index (χ1n) is 13.2. The molecule has 4 nitrogen and oxygen atoms in total. The van der Waals surface area contributed by atoms with Crippen LogP contribution in [0.4, 0.5) is 0 Å². The summed E-state index contributed by atoms with van der Waals surface area (Å²) in [6.45, 7) is 6.76. The molecular weight excluding hydrogens is 466 g/mol. The van der Waals surface area contributed by atoms with E-state index in [2.05, 4.69) is 42.2 Å². The number of phenolic OH excluding ortho intramolecular Hbond substituents is 2. The Morgan fingerprint density at radius 3 is 2.36 bits per heavy atom. The number of rotatable bonds is 8. The normalized spacial score (nSPS) is 22.2. The number of fused-ring (bicyclic) bond motifs is 1. The van der Waals surface area contributed by atoms with Gasteiger partial charge in [-0.1, -0.05) is 43.7 Å². The largest absolute Gasteiger partial charge is 0.508 e. The maximum Gasteiger partial charge on any atom is 0.119 e. The lowest BCUT2D eigenvalue weighted by atomic mass is 9.67. The van der Waals surface area contributed by atoms with Crippen molar-refractivity contribution in [2.45, 2.75) is 55.3 Å². The zero-order valence-electron chi connectivity index (χ0n) is 21.2. The van der Waals surface area contributed by atoms with E-state index in [1.165, 1.54) is 62.0 Å². The number of phenols is 2. The van der Waals surface area contributed by atoms with Crippen molar-refractivity contribution in [2.24, 2.45) is 0 Å². The first-order chi connectivity index (χ1) is 17.5. The number of piperidine rings is 1. The van der Waals surface area contributed by atoms with Crippen molar-refractivity contribution < 1.29 is 14.9 Å². The molecular formula is C31H37NO3S. The first-order valence-corrected chi connectivity index (χ1v) is 14.2. The Labute approximate surface area is 219 Å². The SMILES string of the molecule is CC1(c2ccc(O)cc2)CSc2cc(O)ccc2C1c1ccc(OCCCCN2CCCCC2)cc1. The zero-order chi connectivity index (χ0) is 25.0. The van der Waals surface area contributed by atoms with Crippen LogP contribution < -0.4 is 4.74 Å². The fourth-order valence-corrected chi connectivity index (χ4v) is 7.09. The summed E-state index contributed by atoms with van der Waals surface area (Å²) in [6.07, 6.45) is 6.34. The Morgan fingerprint density at radius 2 is 1.61 bits per heavy atom. The van der Waals surface area contributed by atoms with Crippen LogP contribution in [0, 0.1) is 0 Å². The van der Waals surface area contributed by atoms with Crippen molar-refractivity contribution >= 4 is 11.8 Å². The number of nitrogens with zero attached hydrogens (tertiary/aromatic N) is 1. The Bertz CT molecular complexity index is 1140. The molecule has 0 bridgehead atoms. The van der Waals surface area contributed by atoms with Crippen LogP contribution in [0.3, 0.4) is 0 Å². The Kier molecular flexibility index (Phi) is 7.78. The molecule has 0 amide bonds. The maximum atomic E-state index is 10.1. The van der Waals surface area contributed by atoms with Crippen LogP contribution in [0.15, 0.2) is 71.6 Å². The molecule has 1 fully saturated rings. The quantitative estimate of drug-likeness (QED) is 0.326. The highest BCUT2D eigenvalue weighted by molar-refractivity contribution is 7.99. The number of unbranched alkanes of at least 4 members (excludes halogenated alkanes) is 1. The third kappa shape index (κ3) is 5.52. The molecule has 2 heterocycles. The van der Waals surface area contributed by atoms with E-state index in [1.807, 2.05) is 18.2 Å². The predicted octanol–water partition coefficient (Wildman–Crippen LogP) is 6.94. The third-order valence-electron chi connectivity index (χ3n) is 7.80. The number of thioether (sulfide) groups is 1. The van der Waals surface area contributed by atoms with Crippen LogP contribution in [0.5, 0.6) is 17.2 Å². The fraction of sp³-hybridized carbons (Fsp3) is 0.419. The highest BCUT2D eigenvalue weighted by Gasteiger charge is 2.42. The average Bonchev–Trinajstić information content (AvgIpc) is 2.90. The van der Waals surface area contributed by atoms with Crippen molar-refractivity contribution in [3.05, 3.63) is 83.4 Å². The van der Waals surface area contributed by atoms with Gasteiger partial charge < -0.3 is 19.8 Å². The standard InChI is InChI=1S/C31H37NO3S/c1-31(24-9-11-25(33)12-10-24)22-36-29-21-26(34)13-16-28(29)30(31)23-7-14-27(15-8-23)35-20-6-5-19-32-17-3-2-4-18-32/h7-16,21,30,33-34H,2-6,17-20,22H2,1H3. The van der Waals surface area contributed by atoms with Crippen LogP contribution in [-0.2, 0) is 5.41 Å². The molecule has 2 aliphatic rings. The minimum atomic E-state index is -0.167. The molecule has 2 aliphatic heterocycles. The van der Waals surface area contributed by atoms with E-state index in [1.54, 1.807) is 30.0 Å². The number of ether oxygens (including phenoxy) is 1. The summed E-state index contributed by atoms with van der Waals surface area (Å²) < 4.78 is 6.09. The molecule has 3 aromatic rings. The van der Waals surface area contributed by atoms with Crippen LogP contribution in [0.1, 0.15) is 61.6 Å². The van der Waals surface area contributed by atoms with E-state index < -0.39 is 0 Å². The van der Waals surface area contributed by atoms with Gasteiger partial charge in [0.2, 0.25) is 0 Å². The van der Waals surface area contributed by atoms with Gasteiger partial charge in [0, 0.05) is 22.0 Å². The van der Waals surface area contributed by atoms with Crippen molar-refractivity contribution in [1.82, 2.24) is 4.90 Å². The highest BCUT2D eigenvalue weighted by atomic mass is 32.2. The van der Waals surface area contributed by atoms with E-state index in [-0.39, 0.29) is 17.1 Å². The molecule has 2 unspecified atom stereocenters. The molecule has 5 rings (SSSR count). The highest BCUT2D eigenvalue weighted by Crippen LogP contribution is 2.53. The predicted molar refractivity (Wildman–Crippen MR) is 148 cm³/mol. The summed E-state index contributed by atoms with van der Waals surface area (Å²) in [5.74, 6) is 2.51. The summed E-state index contributed by atoms with van der Waals surface area (Å²) >= 11 is 1.79. The average molecular weight is 504 g/mol. The number of hydrogen-bond donors (Lipinski definition) is 2. The summed E-state index contributed by atoms with van der Waals surface area (Å²) in [5, 5.41) is 20.0. The number of hydrogen-bond acceptors (Lipinski definition) is 5. The molecule has 3 aromatic carbocycles. The molecule has 0 radical (unpaired) electrons. The van der Waals surface area contributed by atoms with E-state index in [0.717, 1.165) is 29.4 Å². The minimum Gasteiger partial charge on any atom is -0.508 e. The van der Waals surface area contributed by atoms with Crippen LogP contribution in [0.2, 0.25) is 0 Å². The lowest BCUT2D eigenvalue weighted by Crippen LogP contribution is -2.36. The molecule has 0 aromatic heterocycles. The fourth-order valence-electron chi connectivity index (χ4n) is 5.75. The lowest BCUT2D eigenvalue weighted by molar-refractivity contribution is 0.216. The molecule has 2 N–H and O–H groups in total. The van der Waals surface area contributed by atoms with Crippen molar-refractivity contribution in [3.63, 3.8) is 0 Å². The smallest absolute Gasteiger partial charge is 0.119 e. The number of aromatic hydroxyl groups is 2. The van der Waals surface area contributed by atoms with Gasteiger partial charge in [0.25, 0.3) is 0 Å². The van der Waals surface area contributed by atoms with Gasteiger partial charge in [0.15, 0.2) is 0 Å². The van der Waals surface area contributed by atoms with E-state index >= 15 is 0 Å². The van der Waals surface area contributed by atoms with Crippen molar-refractivity contribution in [2.75, 3.05) is 32.0 Å². The van der Waals surface area contributed by atoms with Gasteiger partial charge in [0.05, 0.1) is 6.61 Å². The molecule has 2 atom stereocenters. The van der Waals surface area contributed by atoms with Gasteiger partial charge in [-0.2, -0.15) is 0 Å². The maximum absolute atomic E-state index is 10.1. The molecule has 36 heavy (non-hydrogen) atoms. The monoisotopic (exact) mass is 503 g/mol. The topological polar surface area (TPSA) is 52.9 Å². The molecule has 0 spiro atoms. The number of benzene rings is 3. The van der Waals surface area contributed by atoms with Crippen molar-refractivity contribution in [3.8, 4) is 17.2 Å². The van der Waals surface area contributed by atoms with Crippen LogP contribution in [0.25, 0.3) is 0 Å². The lowest BCUT2D eigenvalue weighted by Gasteiger charge is -2.43. The Balaban J connectivity index is 1.31. The second kappa shape index (κ2) is 11.2. The second-order valence-electron chi connectivity index (χ2n) is 10.4. The van der Waals surface area contributed by atoms with Gasteiger partial charge in [-0.3, -0.25) is 0 Å². The molecule has 5 heteroatoms. The van der Waals surface area contributed by atoms with Crippen molar-refractivity contribution in [1.29, 1.82) is 0 Å². The molecule has 0 aliphatic carbocycles. The van der Waals surface area contributed by atoms with E-state index in [9.17, 15) is 10.2 Å². The summed E-state index contributed by atoms with van der Waals surface area (Å²) in [6, 6.07) is 21.9. The second-order valence-corrected chi connectivity index (χ2v) is 11.5. The van der Waals surface area contributed by atoms with Crippen LogP contribution in [-0.4, -0.2) is 47.1 Å².